The Kier molecular flexibility index (Phi) is 4.81. The highest BCUT2D eigenvalue weighted by Gasteiger charge is 2.16. The largest absolute Gasteiger partial charge is 0.354 e. The van der Waals surface area contributed by atoms with E-state index in [1.165, 1.54) is 0 Å². The lowest BCUT2D eigenvalue weighted by Crippen LogP contribution is -2.40. The molecular formula is C17H24N4O2. The van der Waals surface area contributed by atoms with Gasteiger partial charge in [-0.2, -0.15) is 0 Å². The lowest BCUT2D eigenvalue weighted by molar-refractivity contribution is -0.121. The predicted molar refractivity (Wildman–Crippen MR) is 90.5 cm³/mol. The van der Waals surface area contributed by atoms with E-state index in [4.69, 9.17) is 0 Å². The summed E-state index contributed by atoms with van der Waals surface area (Å²) in [4.78, 5) is 24.7. The zero-order valence-corrected chi connectivity index (χ0v) is 13.5. The maximum absolute atomic E-state index is 12.5. The van der Waals surface area contributed by atoms with Gasteiger partial charge in [0.05, 0.1) is 11.0 Å². The number of benzene rings is 1. The van der Waals surface area contributed by atoms with Crippen LogP contribution in [0.4, 0.5) is 0 Å². The van der Waals surface area contributed by atoms with Crippen molar-refractivity contribution < 1.29 is 4.79 Å². The van der Waals surface area contributed by atoms with Crippen LogP contribution in [0.25, 0.3) is 11.0 Å². The number of carbonyl (C=O) groups excluding carboxylic acids is 1. The second-order valence-corrected chi connectivity index (χ2v) is 6.12. The number of amides is 1. The van der Waals surface area contributed by atoms with Gasteiger partial charge in [-0.1, -0.05) is 12.1 Å². The van der Waals surface area contributed by atoms with Gasteiger partial charge in [-0.3, -0.25) is 13.9 Å². The maximum atomic E-state index is 12.5. The molecule has 0 saturated carbocycles. The van der Waals surface area contributed by atoms with E-state index >= 15 is 0 Å². The number of carbonyl (C=O) groups is 1. The normalized spacial score (nSPS) is 18.2. The molecule has 124 valence electrons. The van der Waals surface area contributed by atoms with Crippen LogP contribution in [0.3, 0.4) is 0 Å². The van der Waals surface area contributed by atoms with Crippen LogP contribution in [0, 0.1) is 5.92 Å². The van der Waals surface area contributed by atoms with E-state index in [0.29, 0.717) is 19.0 Å². The first-order chi connectivity index (χ1) is 11.2. The van der Waals surface area contributed by atoms with E-state index in [1.807, 2.05) is 31.2 Å². The molecule has 0 bridgehead atoms. The lowest BCUT2D eigenvalue weighted by Gasteiger charge is -2.22. The van der Waals surface area contributed by atoms with Crippen LogP contribution < -0.4 is 16.3 Å². The maximum Gasteiger partial charge on any atom is 0.329 e. The summed E-state index contributed by atoms with van der Waals surface area (Å²) in [5, 5.41) is 6.31. The molecule has 23 heavy (non-hydrogen) atoms. The monoisotopic (exact) mass is 316 g/mol. The summed E-state index contributed by atoms with van der Waals surface area (Å²) < 4.78 is 3.26. The van der Waals surface area contributed by atoms with Crippen LogP contribution >= 0.6 is 0 Å². The average Bonchev–Trinajstić information content (AvgIpc) is 2.85. The Morgan fingerprint density at radius 2 is 2.04 bits per heavy atom. The minimum atomic E-state index is -0.122. The molecule has 1 aromatic carbocycles. The first-order valence-electron chi connectivity index (χ1n) is 8.36. The molecule has 0 spiro atoms. The molecule has 0 radical (unpaired) electrons. The van der Waals surface area contributed by atoms with Gasteiger partial charge in [0.25, 0.3) is 0 Å². The molecule has 1 amide bonds. The molecule has 1 aliphatic heterocycles. The van der Waals surface area contributed by atoms with E-state index in [2.05, 4.69) is 10.6 Å². The van der Waals surface area contributed by atoms with Crippen LogP contribution in [0.15, 0.2) is 29.1 Å². The van der Waals surface area contributed by atoms with Crippen LogP contribution in [0.1, 0.15) is 19.8 Å². The predicted octanol–water partition coefficient (Wildman–Crippen LogP) is 0.939. The highest BCUT2D eigenvalue weighted by Crippen LogP contribution is 2.12. The van der Waals surface area contributed by atoms with Gasteiger partial charge in [-0.15, -0.1) is 0 Å². The third kappa shape index (κ3) is 3.32. The highest BCUT2D eigenvalue weighted by molar-refractivity contribution is 5.80. The van der Waals surface area contributed by atoms with Crippen molar-refractivity contribution in [1.29, 1.82) is 0 Å². The summed E-state index contributed by atoms with van der Waals surface area (Å²) in [5.74, 6) is 0.387. The van der Waals surface area contributed by atoms with E-state index in [0.717, 1.165) is 37.0 Å². The van der Waals surface area contributed by atoms with E-state index in [9.17, 15) is 9.59 Å². The molecule has 6 nitrogen and oxygen atoms in total. The molecular weight excluding hydrogens is 292 g/mol. The van der Waals surface area contributed by atoms with Gasteiger partial charge in [-0.25, -0.2) is 4.79 Å². The molecule has 2 aromatic rings. The number of para-hydroxylation sites is 2. The summed E-state index contributed by atoms with van der Waals surface area (Å²) in [6.45, 7) is 5.31. The van der Waals surface area contributed by atoms with Gasteiger partial charge in [-0.05, 0) is 50.9 Å². The number of nitrogens with one attached hydrogen (secondary N) is 2. The van der Waals surface area contributed by atoms with Crippen LogP contribution in [0.5, 0.6) is 0 Å². The molecule has 2 N–H and O–H groups in total. The molecule has 1 saturated heterocycles. The minimum Gasteiger partial charge on any atom is -0.354 e. The van der Waals surface area contributed by atoms with E-state index in [1.54, 1.807) is 9.13 Å². The molecule has 1 atom stereocenters. The number of hydrogen-bond donors (Lipinski definition) is 2. The number of fused-ring (bicyclic) bond motifs is 1. The number of hydrogen-bond acceptors (Lipinski definition) is 3. The fourth-order valence-corrected chi connectivity index (χ4v) is 3.29. The number of aryl methyl sites for hydroxylation is 1. The Morgan fingerprint density at radius 1 is 1.30 bits per heavy atom. The quantitative estimate of drug-likeness (QED) is 0.862. The van der Waals surface area contributed by atoms with Gasteiger partial charge in [0.15, 0.2) is 0 Å². The zero-order valence-electron chi connectivity index (χ0n) is 13.5. The molecule has 1 aliphatic rings. The fraction of sp³-hybridized carbons (Fsp3) is 0.529. The Hall–Kier alpha value is -2.08. The average molecular weight is 316 g/mol. The van der Waals surface area contributed by atoms with Gasteiger partial charge < -0.3 is 10.6 Å². The second-order valence-electron chi connectivity index (χ2n) is 6.12. The summed E-state index contributed by atoms with van der Waals surface area (Å²) >= 11 is 0. The van der Waals surface area contributed by atoms with Crippen molar-refractivity contribution in [2.45, 2.75) is 32.9 Å². The smallest absolute Gasteiger partial charge is 0.329 e. The van der Waals surface area contributed by atoms with Crippen molar-refractivity contribution in [1.82, 2.24) is 19.8 Å². The molecule has 1 fully saturated rings. The van der Waals surface area contributed by atoms with Crippen molar-refractivity contribution in [2.24, 2.45) is 5.92 Å². The van der Waals surface area contributed by atoms with Crippen LogP contribution in [-0.2, 0) is 17.9 Å². The summed E-state index contributed by atoms with van der Waals surface area (Å²) in [7, 11) is 0. The van der Waals surface area contributed by atoms with Gasteiger partial charge in [0.2, 0.25) is 5.91 Å². The molecule has 0 aliphatic carbocycles. The third-order valence-electron chi connectivity index (χ3n) is 4.53. The van der Waals surface area contributed by atoms with Crippen molar-refractivity contribution >= 4 is 16.9 Å². The lowest BCUT2D eigenvalue weighted by atomic mass is 10.00. The zero-order chi connectivity index (χ0) is 16.2. The van der Waals surface area contributed by atoms with Gasteiger partial charge in [0.1, 0.15) is 6.54 Å². The van der Waals surface area contributed by atoms with Crippen molar-refractivity contribution in [3.63, 3.8) is 0 Å². The summed E-state index contributed by atoms with van der Waals surface area (Å²) in [5.41, 5.74) is 1.57. The number of imidazole rings is 1. The van der Waals surface area contributed by atoms with Gasteiger partial charge >= 0.3 is 5.69 Å². The van der Waals surface area contributed by atoms with E-state index in [-0.39, 0.29) is 18.1 Å². The van der Waals surface area contributed by atoms with E-state index < -0.39 is 0 Å². The topological polar surface area (TPSA) is 68.1 Å². The van der Waals surface area contributed by atoms with Crippen molar-refractivity contribution in [3.8, 4) is 0 Å². The Morgan fingerprint density at radius 3 is 2.70 bits per heavy atom. The van der Waals surface area contributed by atoms with Crippen molar-refractivity contribution in [2.75, 3.05) is 19.6 Å². The number of piperidine rings is 1. The first kappa shape index (κ1) is 15.8. The Balaban J connectivity index is 1.72. The first-order valence-corrected chi connectivity index (χ1v) is 8.36. The van der Waals surface area contributed by atoms with Crippen molar-refractivity contribution in [3.05, 3.63) is 34.7 Å². The molecule has 1 unspecified atom stereocenters. The highest BCUT2D eigenvalue weighted by atomic mass is 16.2. The Labute approximate surface area is 135 Å². The Bertz CT molecular complexity index is 741. The van der Waals surface area contributed by atoms with Crippen LogP contribution in [0.2, 0.25) is 0 Å². The fourth-order valence-electron chi connectivity index (χ4n) is 3.29. The minimum absolute atomic E-state index is 0.0759. The molecule has 2 heterocycles. The number of aromatic nitrogens is 2. The van der Waals surface area contributed by atoms with Gasteiger partial charge in [0, 0.05) is 13.1 Å². The molecule has 1 aromatic heterocycles. The third-order valence-corrected chi connectivity index (χ3v) is 4.53. The SMILES string of the molecule is CCn1c(=O)n(CC(=O)NCC2CCCNC2)c2ccccc21. The molecule has 3 rings (SSSR count). The number of rotatable bonds is 5. The second kappa shape index (κ2) is 7.00. The summed E-state index contributed by atoms with van der Waals surface area (Å²) in [6, 6.07) is 7.61. The number of nitrogens with zero attached hydrogens (tertiary/aromatic N) is 2. The standard InChI is InChI=1S/C17H24N4O2/c1-2-20-14-7-3-4-8-15(14)21(17(20)23)12-16(22)19-11-13-6-5-9-18-10-13/h3-4,7-8,13,18H,2,5-6,9-12H2,1H3,(H,19,22). The summed E-state index contributed by atoms with van der Waals surface area (Å²) in [6.07, 6.45) is 2.30. The van der Waals surface area contributed by atoms with Crippen LogP contribution in [-0.4, -0.2) is 34.7 Å². The molecule has 6 heteroatoms.